The molecular weight excluding hydrogens is 480 g/mol. The molecule has 0 bridgehead atoms. The molecule has 0 N–H and O–H groups in total. The Morgan fingerprint density at radius 3 is 2.61 bits per heavy atom. The van der Waals surface area contributed by atoms with E-state index < -0.39 is 9.84 Å². The van der Waals surface area contributed by atoms with E-state index in [1.165, 1.54) is 30.6 Å². The van der Waals surface area contributed by atoms with Crippen LogP contribution in [-0.2, 0) is 25.9 Å². The summed E-state index contributed by atoms with van der Waals surface area (Å²) in [5, 5.41) is 0. The minimum atomic E-state index is -3.48. The maximum absolute atomic E-state index is 12.6. The molecule has 10 heteroatoms. The van der Waals surface area contributed by atoms with Crippen molar-refractivity contribution in [3.8, 4) is 5.75 Å². The second kappa shape index (κ2) is 11.8. The fourth-order valence-electron chi connectivity index (χ4n) is 3.26. The van der Waals surface area contributed by atoms with Crippen LogP contribution in [0.25, 0.3) is 10.2 Å². The van der Waals surface area contributed by atoms with Gasteiger partial charge in [-0.2, -0.15) is 4.99 Å². The fraction of sp³-hybridized carbons (Fsp3) is 0.391. The molecule has 3 aromatic rings. The Morgan fingerprint density at radius 2 is 1.94 bits per heavy atom. The summed E-state index contributed by atoms with van der Waals surface area (Å²) in [6, 6.07) is 12.4. The molecule has 1 amide bonds. The van der Waals surface area contributed by atoms with Crippen molar-refractivity contribution in [1.82, 2.24) is 4.57 Å². The van der Waals surface area contributed by atoms with Crippen molar-refractivity contribution in [3.05, 3.63) is 47.3 Å². The number of ether oxygens (including phenoxy) is 2. The molecule has 7 nitrogen and oxygen atoms in total. The Morgan fingerprint density at radius 1 is 1.18 bits per heavy atom. The van der Waals surface area contributed by atoms with Gasteiger partial charge in [-0.3, -0.25) is 4.79 Å². The minimum absolute atomic E-state index is 0.0607. The summed E-state index contributed by atoms with van der Waals surface area (Å²) in [5.41, 5.74) is 1.01. The number of methoxy groups -OCH3 is 1. The van der Waals surface area contributed by atoms with Gasteiger partial charge >= 0.3 is 0 Å². The van der Waals surface area contributed by atoms with Crippen molar-refractivity contribution in [1.29, 1.82) is 0 Å². The third kappa shape index (κ3) is 6.69. The van der Waals surface area contributed by atoms with Crippen molar-refractivity contribution in [2.24, 2.45) is 4.99 Å². The first-order chi connectivity index (χ1) is 15.9. The third-order valence-corrected chi connectivity index (χ3v) is 8.58. The van der Waals surface area contributed by atoms with Gasteiger partial charge in [0.25, 0.3) is 0 Å². The van der Waals surface area contributed by atoms with Crippen molar-refractivity contribution >= 4 is 49.1 Å². The number of hydrogen-bond donors (Lipinski definition) is 0. The van der Waals surface area contributed by atoms with Crippen LogP contribution < -0.4 is 9.54 Å². The van der Waals surface area contributed by atoms with Gasteiger partial charge in [0.1, 0.15) is 5.75 Å². The number of aromatic nitrogens is 1. The lowest BCUT2D eigenvalue weighted by molar-refractivity contribution is -0.118. The molecule has 33 heavy (non-hydrogen) atoms. The number of hydrogen-bond acceptors (Lipinski definition) is 7. The van der Waals surface area contributed by atoms with E-state index in [0.717, 1.165) is 15.1 Å². The molecule has 2 aromatic carbocycles. The molecule has 178 valence electrons. The van der Waals surface area contributed by atoms with E-state index in [1.54, 1.807) is 23.9 Å². The predicted molar refractivity (Wildman–Crippen MR) is 133 cm³/mol. The molecular formula is C23H28N2O5S3. The maximum atomic E-state index is 12.6. The standard InChI is InChI=1S/C23H28N2O5S3/c1-4-30-14-13-25-20-12-9-18(31-3)16-21(20)32-23(25)24-22(26)6-5-15-33(27,28)19-10-7-17(29-2)8-11-19/h7-12,16H,4-6,13-15H2,1-3H3. The molecule has 0 radical (unpaired) electrons. The van der Waals surface area contributed by atoms with Gasteiger partial charge in [-0.15, -0.1) is 11.8 Å². The van der Waals surface area contributed by atoms with Crippen LogP contribution in [0.5, 0.6) is 5.75 Å². The van der Waals surface area contributed by atoms with Crippen LogP contribution in [-0.4, -0.2) is 51.2 Å². The van der Waals surface area contributed by atoms with Crippen LogP contribution in [0.1, 0.15) is 19.8 Å². The molecule has 1 aromatic heterocycles. The summed E-state index contributed by atoms with van der Waals surface area (Å²) in [4.78, 5) is 18.9. The highest BCUT2D eigenvalue weighted by Crippen LogP contribution is 2.24. The monoisotopic (exact) mass is 508 g/mol. The van der Waals surface area contributed by atoms with E-state index in [-0.39, 0.29) is 29.4 Å². The Labute approximate surface area is 202 Å². The lowest BCUT2D eigenvalue weighted by Gasteiger charge is -2.06. The highest BCUT2D eigenvalue weighted by Gasteiger charge is 2.15. The molecule has 0 atom stereocenters. The fourth-order valence-corrected chi connectivity index (χ4v) is 6.20. The first kappa shape index (κ1) is 25.5. The normalized spacial score (nSPS) is 12.4. The maximum Gasteiger partial charge on any atom is 0.248 e. The lowest BCUT2D eigenvalue weighted by atomic mass is 10.3. The SMILES string of the molecule is CCOCCn1c(=NC(=O)CCCS(=O)(=O)c2ccc(OC)cc2)sc2cc(SC)ccc21. The second-order valence-corrected chi connectivity index (χ2v) is 11.2. The summed E-state index contributed by atoms with van der Waals surface area (Å²) >= 11 is 3.11. The van der Waals surface area contributed by atoms with Crippen LogP contribution in [0, 0.1) is 0 Å². The molecule has 0 aliphatic heterocycles. The summed E-state index contributed by atoms with van der Waals surface area (Å²) in [5.74, 6) is 0.143. The predicted octanol–water partition coefficient (Wildman–Crippen LogP) is 4.15. The molecule has 0 aliphatic carbocycles. The zero-order valence-electron chi connectivity index (χ0n) is 18.9. The average molecular weight is 509 g/mol. The van der Waals surface area contributed by atoms with Gasteiger partial charge in [-0.25, -0.2) is 8.42 Å². The molecule has 0 saturated heterocycles. The summed E-state index contributed by atoms with van der Waals surface area (Å²) < 4.78 is 38.7. The van der Waals surface area contributed by atoms with Crippen molar-refractivity contribution in [3.63, 3.8) is 0 Å². The van der Waals surface area contributed by atoms with Gasteiger partial charge in [0.15, 0.2) is 14.6 Å². The number of amides is 1. The molecule has 1 heterocycles. The van der Waals surface area contributed by atoms with Crippen molar-refractivity contribution in [2.75, 3.05) is 32.3 Å². The van der Waals surface area contributed by atoms with E-state index in [1.807, 2.05) is 29.9 Å². The van der Waals surface area contributed by atoms with E-state index in [0.29, 0.717) is 30.3 Å². The van der Waals surface area contributed by atoms with E-state index in [2.05, 4.69) is 11.1 Å². The number of sulfone groups is 1. The number of rotatable bonds is 11. The Hall–Kier alpha value is -2.14. The number of thiazole rings is 1. The minimum Gasteiger partial charge on any atom is -0.497 e. The second-order valence-electron chi connectivity index (χ2n) is 7.17. The number of nitrogens with zero attached hydrogens (tertiary/aromatic N) is 2. The van der Waals surface area contributed by atoms with Gasteiger partial charge in [-0.05, 0) is 62.1 Å². The number of fused-ring (bicyclic) bond motifs is 1. The van der Waals surface area contributed by atoms with Gasteiger partial charge in [0, 0.05) is 24.5 Å². The zero-order chi connectivity index (χ0) is 23.8. The van der Waals surface area contributed by atoms with Crippen molar-refractivity contribution in [2.45, 2.75) is 36.1 Å². The van der Waals surface area contributed by atoms with Crippen LogP contribution in [0.2, 0.25) is 0 Å². The quantitative estimate of drug-likeness (QED) is 0.286. The number of thioether (sulfide) groups is 1. The van der Waals surface area contributed by atoms with Crippen LogP contribution in [0.3, 0.4) is 0 Å². The van der Waals surface area contributed by atoms with Gasteiger partial charge in [0.2, 0.25) is 5.91 Å². The Balaban J connectivity index is 1.74. The zero-order valence-corrected chi connectivity index (χ0v) is 21.4. The van der Waals surface area contributed by atoms with E-state index in [4.69, 9.17) is 9.47 Å². The molecule has 0 aliphatic rings. The molecule has 0 saturated carbocycles. The van der Waals surface area contributed by atoms with Gasteiger partial charge in [0.05, 0.1) is 34.6 Å². The van der Waals surface area contributed by atoms with Crippen LogP contribution in [0.15, 0.2) is 57.2 Å². The molecule has 3 rings (SSSR count). The molecule has 0 unspecified atom stereocenters. The van der Waals surface area contributed by atoms with Crippen LogP contribution >= 0.6 is 23.1 Å². The van der Waals surface area contributed by atoms with Crippen molar-refractivity contribution < 1.29 is 22.7 Å². The number of benzene rings is 2. The third-order valence-electron chi connectivity index (χ3n) is 5.00. The Bertz CT molecular complexity index is 1260. The largest absolute Gasteiger partial charge is 0.497 e. The molecule has 0 fully saturated rings. The topological polar surface area (TPSA) is 87.0 Å². The Kier molecular flexibility index (Phi) is 9.13. The van der Waals surface area contributed by atoms with Crippen LogP contribution in [0.4, 0.5) is 0 Å². The van der Waals surface area contributed by atoms with E-state index in [9.17, 15) is 13.2 Å². The van der Waals surface area contributed by atoms with E-state index >= 15 is 0 Å². The first-order valence-corrected chi connectivity index (χ1v) is 14.3. The number of carbonyl (C=O) groups is 1. The average Bonchev–Trinajstić information content (AvgIpc) is 3.15. The summed E-state index contributed by atoms with van der Waals surface area (Å²) in [7, 11) is -1.95. The highest BCUT2D eigenvalue weighted by atomic mass is 32.2. The summed E-state index contributed by atoms with van der Waals surface area (Å²) in [6.07, 6.45) is 2.29. The lowest BCUT2D eigenvalue weighted by Crippen LogP contribution is -2.20. The van der Waals surface area contributed by atoms with Gasteiger partial charge in [-0.1, -0.05) is 11.3 Å². The summed E-state index contributed by atoms with van der Waals surface area (Å²) in [6.45, 7) is 3.67. The van der Waals surface area contributed by atoms with Gasteiger partial charge < -0.3 is 14.0 Å². The first-order valence-electron chi connectivity index (χ1n) is 10.6. The number of carbonyl (C=O) groups excluding carboxylic acids is 1. The molecule has 0 spiro atoms. The highest BCUT2D eigenvalue weighted by molar-refractivity contribution is 7.98. The smallest absolute Gasteiger partial charge is 0.248 e.